The summed E-state index contributed by atoms with van der Waals surface area (Å²) in [5.74, 6) is -0.358. The summed E-state index contributed by atoms with van der Waals surface area (Å²) in [5, 5.41) is 2.36. The lowest BCUT2D eigenvalue weighted by atomic mass is 10.0. The van der Waals surface area contributed by atoms with Gasteiger partial charge in [-0.05, 0) is 39.2 Å². The topological polar surface area (TPSA) is 97.8 Å². The van der Waals surface area contributed by atoms with Crippen LogP contribution in [0.1, 0.15) is 52.0 Å². The molecular weight excluding hydrogens is 406 g/mol. The van der Waals surface area contributed by atoms with Gasteiger partial charge in [-0.25, -0.2) is 9.59 Å². The standard InChI is InChI=1S/C21H31N3O5S/c1-13(2)10-15(19(26)28-6)23-17(25)16-12-30-18(14-8-7-9-22-11-14)24(16)20(27)29-21(3,4)5/h7-9,11,13,15-16,18H,10,12H2,1-6H3,(H,23,25)/t15-,16?,18?/m0/s1. The zero-order valence-electron chi connectivity index (χ0n) is 18.4. The van der Waals surface area contributed by atoms with Crippen LogP contribution >= 0.6 is 11.8 Å². The van der Waals surface area contributed by atoms with Gasteiger partial charge in [-0.2, -0.15) is 0 Å². The Hall–Kier alpha value is -2.29. The number of nitrogens with zero attached hydrogens (tertiary/aromatic N) is 2. The molecule has 2 unspecified atom stereocenters. The molecule has 2 amide bonds. The van der Waals surface area contributed by atoms with E-state index < -0.39 is 41.0 Å². The van der Waals surface area contributed by atoms with Crippen LogP contribution in [0.4, 0.5) is 4.79 Å². The molecule has 1 aliphatic heterocycles. The Labute approximate surface area is 182 Å². The smallest absolute Gasteiger partial charge is 0.412 e. The minimum atomic E-state index is -0.783. The van der Waals surface area contributed by atoms with Gasteiger partial charge in [0.25, 0.3) is 0 Å². The van der Waals surface area contributed by atoms with E-state index >= 15 is 0 Å². The van der Waals surface area contributed by atoms with Gasteiger partial charge < -0.3 is 14.8 Å². The molecule has 1 aromatic rings. The van der Waals surface area contributed by atoms with E-state index in [1.54, 1.807) is 39.2 Å². The Morgan fingerprint density at radius 3 is 2.57 bits per heavy atom. The zero-order valence-corrected chi connectivity index (χ0v) is 19.2. The van der Waals surface area contributed by atoms with Crippen molar-refractivity contribution >= 4 is 29.7 Å². The number of methoxy groups -OCH3 is 1. The second-order valence-corrected chi connectivity index (χ2v) is 9.70. The first kappa shape index (κ1) is 24.0. The summed E-state index contributed by atoms with van der Waals surface area (Å²) >= 11 is 1.46. The maximum Gasteiger partial charge on any atom is 0.412 e. The first-order chi connectivity index (χ1) is 14.0. The highest BCUT2D eigenvalue weighted by atomic mass is 32.2. The van der Waals surface area contributed by atoms with Crippen LogP contribution in [0.25, 0.3) is 0 Å². The number of carbonyl (C=O) groups excluding carboxylic acids is 3. The highest BCUT2D eigenvalue weighted by molar-refractivity contribution is 7.99. The SMILES string of the molecule is COC(=O)[C@H](CC(C)C)NC(=O)C1CSC(c2cccnc2)N1C(=O)OC(C)(C)C. The largest absolute Gasteiger partial charge is 0.467 e. The van der Waals surface area contributed by atoms with Gasteiger partial charge in [-0.15, -0.1) is 11.8 Å². The second-order valence-electron chi connectivity index (χ2n) is 8.59. The Balaban J connectivity index is 2.28. The van der Waals surface area contributed by atoms with Crippen molar-refractivity contribution in [3.05, 3.63) is 30.1 Å². The molecule has 8 nitrogen and oxygen atoms in total. The van der Waals surface area contributed by atoms with Crippen LogP contribution in [-0.4, -0.2) is 58.4 Å². The third-order valence-electron chi connectivity index (χ3n) is 4.39. The number of hydrogen-bond acceptors (Lipinski definition) is 7. The molecule has 2 heterocycles. The summed E-state index contributed by atoms with van der Waals surface area (Å²) in [6.45, 7) is 9.24. The quantitative estimate of drug-likeness (QED) is 0.683. The number of carbonyl (C=O) groups is 3. The molecule has 30 heavy (non-hydrogen) atoms. The Bertz CT molecular complexity index is 751. The van der Waals surface area contributed by atoms with E-state index in [4.69, 9.17) is 9.47 Å². The van der Waals surface area contributed by atoms with Crippen LogP contribution < -0.4 is 5.32 Å². The molecule has 1 fully saturated rings. The van der Waals surface area contributed by atoms with E-state index in [-0.39, 0.29) is 5.92 Å². The highest BCUT2D eigenvalue weighted by Gasteiger charge is 2.45. The van der Waals surface area contributed by atoms with E-state index in [2.05, 4.69) is 10.3 Å². The molecule has 0 bridgehead atoms. The minimum absolute atomic E-state index is 0.178. The summed E-state index contributed by atoms with van der Waals surface area (Å²) in [7, 11) is 1.29. The van der Waals surface area contributed by atoms with Crippen molar-refractivity contribution < 1.29 is 23.9 Å². The van der Waals surface area contributed by atoms with E-state index in [0.717, 1.165) is 5.56 Å². The number of thioether (sulfide) groups is 1. The van der Waals surface area contributed by atoms with Crippen molar-refractivity contribution in [2.24, 2.45) is 5.92 Å². The third kappa shape index (κ3) is 6.35. The van der Waals surface area contributed by atoms with Gasteiger partial charge in [0, 0.05) is 23.7 Å². The Morgan fingerprint density at radius 1 is 1.33 bits per heavy atom. The van der Waals surface area contributed by atoms with Gasteiger partial charge in [0.15, 0.2) is 0 Å². The monoisotopic (exact) mass is 437 g/mol. The predicted molar refractivity (Wildman–Crippen MR) is 115 cm³/mol. The molecule has 1 saturated heterocycles. The lowest BCUT2D eigenvalue weighted by molar-refractivity contribution is -0.146. The summed E-state index contributed by atoms with van der Waals surface area (Å²) in [5.41, 5.74) is 0.0900. The molecule has 0 aromatic carbocycles. The van der Waals surface area contributed by atoms with Crippen LogP contribution in [0.15, 0.2) is 24.5 Å². The van der Waals surface area contributed by atoms with Crippen LogP contribution in [0.5, 0.6) is 0 Å². The first-order valence-electron chi connectivity index (χ1n) is 9.94. The molecule has 0 radical (unpaired) electrons. The number of ether oxygens (including phenoxy) is 2. The number of hydrogen-bond donors (Lipinski definition) is 1. The van der Waals surface area contributed by atoms with Crippen LogP contribution in [-0.2, 0) is 19.1 Å². The molecule has 3 atom stereocenters. The fourth-order valence-corrected chi connectivity index (χ4v) is 4.52. The van der Waals surface area contributed by atoms with Crippen molar-refractivity contribution in [3.8, 4) is 0 Å². The van der Waals surface area contributed by atoms with Crippen LogP contribution in [0.2, 0.25) is 0 Å². The van der Waals surface area contributed by atoms with Gasteiger partial charge in [0.1, 0.15) is 23.1 Å². The molecule has 0 spiro atoms. The molecule has 166 valence electrons. The number of pyridine rings is 1. The number of aromatic nitrogens is 1. The maximum atomic E-state index is 13.1. The van der Waals surface area contributed by atoms with Gasteiger partial charge >= 0.3 is 12.1 Å². The molecule has 2 rings (SSSR count). The molecule has 1 N–H and O–H groups in total. The first-order valence-corrected chi connectivity index (χ1v) is 11.0. The van der Waals surface area contributed by atoms with Crippen molar-refractivity contribution in [1.29, 1.82) is 0 Å². The van der Waals surface area contributed by atoms with Gasteiger partial charge in [-0.3, -0.25) is 14.7 Å². The van der Waals surface area contributed by atoms with Gasteiger partial charge in [0.05, 0.1) is 7.11 Å². The molecule has 1 aromatic heterocycles. The Morgan fingerprint density at radius 2 is 2.03 bits per heavy atom. The Kier molecular flexibility index (Phi) is 8.11. The third-order valence-corrected chi connectivity index (χ3v) is 5.71. The van der Waals surface area contributed by atoms with Crippen LogP contribution in [0, 0.1) is 5.92 Å². The highest BCUT2D eigenvalue weighted by Crippen LogP contribution is 2.42. The number of nitrogens with one attached hydrogen (secondary N) is 1. The fourth-order valence-electron chi connectivity index (χ4n) is 3.12. The average molecular weight is 438 g/mol. The molecule has 0 saturated carbocycles. The van der Waals surface area contributed by atoms with Crippen molar-refractivity contribution in [2.45, 2.75) is 64.1 Å². The molecular formula is C21H31N3O5S. The van der Waals surface area contributed by atoms with Gasteiger partial charge in [0.2, 0.25) is 5.91 Å². The molecule has 1 aliphatic rings. The fraction of sp³-hybridized carbons (Fsp3) is 0.619. The van der Waals surface area contributed by atoms with Crippen LogP contribution in [0.3, 0.4) is 0 Å². The number of rotatable bonds is 6. The zero-order chi connectivity index (χ0) is 22.5. The summed E-state index contributed by atoms with van der Waals surface area (Å²) in [6.07, 6.45) is 3.18. The van der Waals surface area contributed by atoms with Crippen molar-refractivity contribution in [2.75, 3.05) is 12.9 Å². The lowest BCUT2D eigenvalue weighted by Crippen LogP contribution is -2.53. The molecule has 9 heteroatoms. The summed E-state index contributed by atoms with van der Waals surface area (Å²) in [6, 6.07) is 2.09. The van der Waals surface area contributed by atoms with E-state index in [1.807, 2.05) is 19.9 Å². The normalized spacial score (nSPS) is 20.0. The lowest BCUT2D eigenvalue weighted by Gasteiger charge is -2.32. The molecule has 0 aliphatic carbocycles. The predicted octanol–water partition coefficient (Wildman–Crippen LogP) is 3.14. The van der Waals surface area contributed by atoms with Gasteiger partial charge in [-0.1, -0.05) is 19.9 Å². The maximum absolute atomic E-state index is 13.1. The minimum Gasteiger partial charge on any atom is -0.467 e. The van der Waals surface area contributed by atoms with E-state index in [1.165, 1.54) is 23.8 Å². The average Bonchev–Trinajstić information content (AvgIpc) is 3.11. The van der Waals surface area contributed by atoms with Crippen molar-refractivity contribution in [3.63, 3.8) is 0 Å². The summed E-state index contributed by atoms with van der Waals surface area (Å²) < 4.78 is 10.4. The van der Waals surface area contributed by atoms with E-state index in [0.29, 0.717) is 12.2 Å². The second kappa shape index (κ2) is 10.1. The number of esters is 1. The summed E-state index contributed by atoms with van der Waals surface area (Å²) in [4.78, 5) is 43.8. The number of amides is 2. The van der Waals surface area contributed by atoms with Crippen molar-refractivity contribution in [1.82, 2.24) is 15.2 Å². The van der Waals surface area contributed by atoms with E-state index in [9.17, 15) is 14.4 Å².